The SMILES string of the molecule is Cc1cncc(-c2ccc3[nH]nc(-c4cc5c(N6CCCCC6)cccc5[nH]4)c3n2)c1. The Balaban J connectivity index is 1.46. The van der Waals surface area contributed by atoms with Gasteiger partial charge in [-0.3, -0.25) is 10.1 Å². The predicted octanol–water partition coefficient (Wildman–Crippen LogP) is 5.47. The van der Waals surface area contributed by atoms with Crippen molar-refractivity contribution in [3.05, 3.63) is 60.4 Å². The number of benzene rings is 1. The van der Waals surface area contributed by atoms with Crippen LogP contribution >= 0.6 is 0 Å². The predicted molar refractivity (Wildman–Crippen MR) is 125 cm³/mol. The van der Waals surface area contributed by atoms with Crippen molar-refractivity contribution in [3.63, 3.8) is 0 Å². The normalized spacial score (nSPS) is 14.5. The topological polar surface area (TPSA) is 73.5 Å². The van der Waals surface area contributed by atoms with Gasteiger partial charge >= 0.3 is 0 Å². The number of rotatable bonds is 3. The Labute approximate surface area is 180 Å². The van der Waals surface area contributed by atoms with E-state index in [4.69, 9.17) is 4.98 Å². The van der Waals surface area contributed by atoms with Crippen LogP contribution in [0, 0.1) is 6.92 Å². The van der Waals surface area contributed by atoms with Gasteiger partial charge < -0.3 is 9.88 Å². The van der Waals surface area contributed by atoms with Gasteiger partial charge in [0.25, 0.3) is 0 Å². The Morgan fingerprint density at radius 3 is 2.71 bits per heavy atom. The van der Waals surface area contributed by atoms with Crippen LogP contribution in [0.5, 0.6) is 0 Å². The first-order chi connectivity index (χ1) is 15.3. The van der Waals surface area contributed by atoms with Crippen LogP contribution in [0.1, 0.15) is 24.8 Å². The van der Waals surface area contributed by atoms with Gasteiger partial charge in [-0.2, -0.15) is 5.10 Å². The fraction of sp³-hybridized carbons (Fsp3) is 0.240. The van der Waals surface area contributed by atoms with Crippen molar-refractivity contribution < 1.29 is 0 Å². The van der Waals surface area contributed by atoms with Gasteiger partial charge in [-0.25, -0.2) is 4.98 Å². The van der Waals surface area contributed by atoms with E-state index < -0.39 is 0 Å². The van der Waals surface area contributed by atoms with Crippen LogP contribution < -0.4 is 4.90 Å². The van der Waals surface area contributed by atoms with Crippen molar-refractivity contribution in [2.24, 2.45) is 0 Å². The molecule has 0 bridgehead atoms. The fourth-order valence-corrected chi connectivity index (χ4v) is 4.62. The maximum Gasteiger partial charge on any atom is 0.135 e. The first-order valence-corrected chi connectivity index (χ1v) is 10.9. The molecule has 0 saturated carbocycles. The van der Waals surface area contributed by atoms with E-state index >= 15 is 0 Å². The molecule has 1 aliphatic rings. The third-order valence-corrected chi connectivity index (χ3v) is 6.17. The first kappa shape index (κ1) is 18.1. The number of piperidine rings is 1. The second-order valence-electron chi connectivity index (χ2n) is 8.38. The van der Waals surface area contributed by atoms with Crippen LogP contribution in [0.3, 0.4) is 0 Å². The van der Waals surface area contributed by atoms with Gasteiger partial charge in [0.05, 0.1) is 16.9 Å². The Kier molecular flexibility index (Phi) is 4.23. The van der Waals surface area contributed by atoms with Gasteiger partial charge in [-0.15, -0.1) is 0 Å². The molecule has 0 aliphatic carbocycles. The second-order valence-corrected chi connectivity index (χ2v) is 8.38. The maximum absolute atomic E-state index is 4.94. The summed E-state index contributed by atoms with van der Waals surface area (Å²) < 4.78 is 0. The molecule has 31 heavy (non-hydrogen) atoms. The van der Waals surface area contributed by atoms with Crippen molar-refractivity contribution in [1.82, 2.24) is 25.1 Å². The van der Waals surface area contributed by atoms with Gasteiger partial charge in [0, 0.05) is 47.6 Å². The number of H-pyrrole nitrogens is 2. The Morgan fingerprint density at radius 2 is 1.84 bits per heavy atom. The molecule has 1 aromatic carbocycles. The number of nitrogens with one attached hydrogen (secondary N) is 2. The molecule has 1 saturated heterocycles. The molecule has 0 atom stereocenters. The summed E-state index contributed by atoms with van der Waals surface area (Å²) in [5.41, 5.74) is 9.09. The zero-order valence-corrected chi connectivity index (χ0v) is 17.5. The van der Waals surface area contributed by atoms with E-state index in [9.17, 15) is 0 Å². The molecular weight excluding hydrogens is 384 g/mol. The minimum absolute atomic E-state index is 0.846. The third-order valence-electron chi connectivity index (χ3n) is 6.17. The molecule has 5 heterocycles. The molecule has 1 aliphatic heterocycles. The number of hydrogen-bond donors (Lipinski definition) is 2. The van der Waals surface area contributed by atoms with Crippen LogP contribution in [0.4, 0.5) is 5.69 Å². The van der Waals surface area contributed by atoms with Crippen LogP contribution in [0.15, 0.2) is 54.9 Å². The van der Waals surface area contributed by atoms with E-state index in [0.29, 0.717) is 0 Å². The molecule has 6 nitrogen and oxygen atoms in total. The maximum atomic E-state index is 4.94. The minimum Gasteiger partial charge on any atom is -0.371 e. The van der Waals surface area contributed by atoms with E-state index in [1.807, 2.05) is 31.5 Å². The van der Waals surface area contributed by atoms with Crippen LogP contribution in [-0.4, -0.2) is 38.2 Å². The van der Waals surface area contributed by atoms with E-state index in [-0.39, 0.29) is 0 Å². The number of pyridine rings is 2. The highest BCUT2D eigenvalue weighted by molar-refractivity contribution is 5.99. The molecule has 5 aromatic rings. The quantitative estimate of drug-likeness (QED) is 0.415. The molecule has 0 amide bonds. The third kappa shape index (κ3) is 3.15. The molecule has 154 valence electrons. The lowest BCUT2D eigenvalue weighted by Gasteiger charge is -2.29. The summed E-state index contributed by atoms with van der Waals surface area (Å²) in [5, 5.41) is 8.99. The number of aromatic amines is 2. The summed E-state index contributed by atoms with van der Waals surface area (Å²) in [5.74, 6) is 0. The van der Waals surface area contributed by atoms with Crippen molar-refractivity contribution in [3.8, 4) is 22.6 Å². The van der Waals surface area contributed by atoms with Crippen molar-refractivity contribution >= 4 is 27.6 Å². The van der Waals surface area contributed by atoms with Gasteiger partial charge in [0.15, 0.2) is 0 Å². The average molecular weight is 409 g/mol. The summed E-state index contributed by atoms with van der Waals surface area (Å²) in [6.45, 7) is 4.30. The van der Waals surface area contributed by atoms with Gasteiger partial charge in [0.1, 0.15) is 11.2 Å². The molecule has 6 rings (SSSR count). The summed E-state index contributed by atoms with van der Waals surface area (Å²) in [6, 6.07) is 14.9. The lowest BCUT2D eigenvalue weighted by molar-refractivity contribution is 0.579. The monoisotopic (exact) mass is 408 g/mol. The van der Waals surface area contributed by atoms with Gasteiger partial charge in [-0.1, -0.05) is 6.07 Å². The molecule has 2 N–H and O–H groups in total. The standard InChI is InChI=1S/C25H24N6/c1-16-12-17(15-26-14-16)19-8-9-21-24(28-19)25(30-29-21)22-13-18-20(27-22)6-5-7-23(18)31-10-3-2-4-11-31/h5-9,12-15,27H,2-4,10-11H2,1H3,(H,29,30). The van der Waals surface area contributed by atoms with Crippen LogP contribution in [0.2, 0.25) is 0 Å². The van der Waals surface area contributed by atoms with Crippen molar-refractivity contribution in [2.45, 2.75) is 26.2 Å². The molecule has 6 heteroatoms. The Bertz CT molecular complexity index is 1390. The highest BCUT2D eigenvalue weighted by atomic mass is 15.1. The second kappa shape index (κ2) is 7.23. The number of hydrogen-bond acceptors (Lipinski definition) is 4. The van der Waals surface area contributed by atoms with E-state index in [1.54, 1.807) is 0 Å². The van der Waals surface area contributed by atoms with Crippen LogP contribution in [0.25, 0.3) is 44.6 Å². The van der Waals surface area contributed by atoms with Gasteiger partial charge in [-0.05, 0) is 68.1 Å². The summed E-state index contributed by atoms with van der Waals surface area (Å²) in [7, 11) is 0. The Hall–Kier alpha value is -3.67. The van der Waals surface area contributed by atoms with Crippen molar-refractivity contribution in [2.75, 3.05) is 18.0 Å². The van der Waals surface area contributed by atoms with Gasteiger partial charge in [0.2, 0.25) is 0 Å². The first-order valence-electron chi connectivity index (χ1n) is 10.9. The number of nitrogens with zero attached hydrogens (tertiary/aromatic N) is 4. The van der Waals surface area contributed by atoms with Crippen LogP contribution in [-0.2, 0) is 0 Å². The summed E-state index contributed by atoms with van der Waals surface area (Å²) in [4.78, 5) is 15.3. The number of aromatic nitrogens is 5. The molecular formula is C25H24N6. The molecule has 0 radical (unpaired) electrons. The highest BCUT2D eigenvalue weighted by Gasteiger charge is 2.18. The number of fused-ring (bicyclic) bond motifs is 2. The van der Waals surface area contributed by atoms with E-state index in [1.165, 1.54) is 30.3 Å². The number of anilines is 1. The summed E-state index contributed by atoms with van der Waals surface area (Å²) in [6.07, 6.45) is 7.56. The van der Waals surface area contributed by atoms with E-state index in [2.05, 4.69) is 55.4 Å². The fourth-order valence-electron chi connectivity index (χ4n) is 4.62. The molecule has 4 aromatic heterocycles. The average Bonchev–Trinajstić information content (AvgIpc) is 3.43. The molecule has 0 spiro atoms. The highest BCUT2D eigenvalue weighted by Crippen LogP contribution is 2.34. The smallest absolute Gasteiger partial charge is 0.135 e. The minimum atomic E-state index is 0.846. The van der Waals surface area contributed by atoms with Crippen molar-refractivity contribution in [1.29, 1.82) is 0 Å². The number of aryl methyl sites for hydroxylation is 1. The zero-order chi connectivity index (χ0) is 20.8. The largest absolute Gasteiger partial charge is 0.371 e. The lowest BCUT2D eigenvalue weighted by Crippen LogP contribution is -2.29. The summed E-state index contributed by atoms with van der Waals surface area (Å²) >= 11 is 0. The lowest BCUT2D eigenvalue weighted by atomic mass is 10.1. The Morgan fingerprint density at radius 1 is 0.935 bits per heavy atom. The molecule has 0 unspecified atom stereocenters. The van der Waals surface area contributed by atoms with E-state index in [0.717, 1.165) is 57.8 Å². The zero-order valence-electron chi connectivity index (χ0n) is 17.5. The molecule has 1 fully saturated rings.